The van der Waals surface area contributed by atoms with E-state index in [4.69, 9.17) is 16.0 Å². The molecule has 0 saturated carbocycles. The van der Waals surface area contributed by atoms with Crippen LogP contribution >= 0.6 is 0 Å². The van der Waals surface area contributed by atoms with Crippen LogP contribution in [0.4, 0.5) is 0 Å². The minimum Gasteiger partial charge on any atom is -0.369 e. The highest BCUT2D eigenvalue weighted by molar-refractivity contribution is 5.88. The second-order valence-electron chi connectivity index (χ2n) is 21.2. The predicted octanol–water partition coefficient (Wildman–Crippen LogP) is 10.7. The first-order valence-corrected chi connectivity index (χ1v) is 24.9. The van der Waals surface area contributed by atoms with Crippen molar-refractivity contribution in [3.63, 3.8) is 0 Å². The van der Waals surface area contributed by atoms with E-state index < -0.39 is 11.8 Å². The van der Waals surface area contributed by atoms with Crippen LogP contribution in [0.3, 0.4) is 0 Å². The van der Waals surface area contributed by atoms with Crippen molar-refractivity contribution in [2.24, 2.45) is 58.8 Å². The molecule has 0 spiro atoms. The second kappa shape index (κ2) is 34.4. The Morgan fingerprint density at radius 3 is 1.41 bits per heavy atom. The highest BCUT2D eigenvalue weighted by atomic mass is 16.5. The van der Waals surface area contributed by atoms with Crippen LogP contribution in [-0.2, 0) is 36.8 Å². The van der Waals surface area contributed by atoms with E-state index in [9.17, 15) is 24.0 Å². The van der Waals surface area contributed by atoms with Gasteiger partial charge in [0.05, 0.1) is 17.3 Å². The van der Waals surface area contributed by atoms with Crippen molar-refractivity contribution < 1.29 is 28.5 Å². The molecule has 68 heavy (non-hydrogen) atoms. The Bertz CT molecular complexity index is 1820. The largest absolute Gasteiger partial charge is 0.369 e. The highest BCUT2D eigenvalue weighted by Crippen LogP contribution is 2.19. The lowest BCUT2D eigenvalue weighted by atomic mass is 9.89. The van der Waals surface area contributed by atoms with Crippen molar-refractivity contribution in [2.75, 3.05) is 6.54 Å². The fraction of sp³-hybridized carbons (Fsp3) is 0.704. The Labute approximate surface area is 411 Å². The number of nitrogens with zero attached hydrogens (tertiary/aromatic N) is 5. The van der Waals surface area contributed by atoms with Crippen molar-refractivity contribution in [2.45, 2.75) is 194 Å². The van der Waals surface area contributed by atoms with Crippen molar-refractivity contribution >= 4 is 29.3 Å². The van der Waals surface area contributed by atoms with E-state index in [1.165, 1.54) is 11.4 Å². The summed E-state index contributed by atoms with van der Waals surface area (Å²) in [7, 11) is 0. The Kier molecular flexibility index (Phi) is 33.0. The van der Waals surface area contributed by atoms with Gasteiger partial charge in [0.1, 0.15) is 11.6 Å². The summed E-state index contributed by atoms with van der Waals surface area (Å²) in [4.78, 5) is 74.1. The summed E-state index contributed by atoms with van der Waals surface area (Å²) in [5, 5.41) is 6.47. The maximum absolute atomic E-state index is 11.5. The maximum Gasteiger partial charge on any atom is 0.229 e. The number of primary amides is 2. The summed E-state index contributed by atoms with van der Waals surface area (Å²) in [6.07, 6.45) is 6.92. The zero-order valence-electron chi connectivity index (χ0n) is 45.9. The third-order valence-corrected chi connectivity index (χ3v) is 10.2. The number of nitrogens with one attached hydrogen (secondary N) is 1. The van der Waals surface area contributed by atoms with Gasteiger partial charge in [-0.05, 0) is 61.0 Å². The molecule has 2 atom stereocenters. The Balaban J connectivity index is 0. The van der Waals surface area contributed by atoms with Crippen molar-refractivity contribution in [1.29, 1.82) is 0 Å². The number of nitrogens with two attached hydrogens (primary N) is 2. The third-order valence-electron chi connectivity index (χ3n) is 10.2. The first-order chi connectivity index (χ1) is 31.4. The molecule has 0 aliphatic heterocycles. The summed E-state index contributed by atoms with van der Waals surface area (Å²) < 4.78 is 5.03. The number of Topliss-reactive ketones (excluding diaryl/α,β-unsaturated/α-hetero) is 2. The summed E-state index contributed by atoms with van der Waals surface area (Å²) in [6, 6.07) is 6.33. The monoisotopic (exact) mass is 951 g/mol. The average molecular weight is 951 g/mol. The van der Waals surface area contributed by atoms with E-state index in [1.807, 2.05) is 53.9 Å². The van der Waals surface area contributed by atoms with Crippen LogP contribution in [0, 0.1) is 47.3 Å². The van der Waals surface area contributed by atoms with Crippen LogP contribution in [-0.4, -0.2) is 60.9 Å². The zero-order valence-corrected chi connectivity index (χ0v) is 45.9. The van der Waals surface area contributed by atoms with Gasteiger partial charge in [-0.25, -0.2) is 0 Å². The van der Waals surface area contributed by atoms with Gasteiger partial charge in [-0.15, -0.1) is 0 Å². The lowest BCUT2D eigenvalue weighted by Crippen LogP contribution is -2.39. The number of hydrogen-bond acceptors (Lipinski definition) is 11. The predicted molar refractivity (Wildman–Crippen MR) is 276 cm³/mol. The van der Waals surface area contributed by atoms with Crippen LogP contribution in [0.25, 0.3) is 0 Å². The molecular formula is C54H94N8O6. The fourth-order valence-electron chi connectivity index (χ4n) is 5.81. The molecule has 3 rings (SSSR count). The van der Waals surface area contributed by atoms with Gasteiger partial charge in [-0.3, -0.25) is 38.9 Å². The molecule has 3 aromatic rings. The quantitative estimate of drug-likeness (QED) is 0.0910. The number of carbonyl (C=O) groups is 5. The smallest absolute Gasteiger partial charge is 0.229 e. The lowest BCUT2D eigenvalue weighted by molar-refractivity contribution is -0.130. The number of carbonyl (C=O) groups excluding carboxylic acids is 5. The number of hydrogen-bond donors (Lipinski definition) is 3. The number of amides is 3. The van der Waals surface area contributed by atoms with Crippen LogP contribution in [0.1, 0.15) is 216 Å². The molecule has 3 aromatic heterocycles. The van der Waals surface area contributed by atoms with Crippen molar-refractivity contribution in [1.82, 2.24) is 30.4 Å². The normalized spacial score (nSPS) is 12.0. The van der Waals surface area contributed by atoms with E-state index in [1.54, 1.807) is 27.7 Å². The van der Waals surface area contributed by atoms with E-state index >= 15 is 0 Å². The molecular weight excluding hydrogens is 857 g/mol. The summed E-state index contributed by atoms with van der Waals surface area (Å²) in [5.74, 6) is 2.81. The molecule has 5 N–H and O–H groups in total. The number of ketones is 2. The molecule has 0 fully saturated rings. The molecule has 0 bridgehead atoms. The SMILES string of the molecule is CC(C)C(=O)CC(CNC(=O)C(C)C)C(N)=O.CC(C)CC(CC(=O)C(C)C)C(N)=O.CC(C)Cc1cccc(C(C)C)n1.CC(C)Cc1cncc(C(C)C)n1.CC(C)c1noc(C(C)C)n1. The third kappa shape index (κ3) is 30.5. The van der Waals surface area contributed by atoms with Gasteiger partial charge in [0.25, 0.3) is 0 Å². The van der Waals surface area contributed by atoms with Gasteiger partial charge in [0.15, 0.2) is 5.82 Å². The molecule has 14 nitrogen and oxygen atoms in total. The highest BCUT2D eigenvalue weighted by Gasteiger charge is 2.23. The Morgan fingerprint density at radius 1 is 0.544 bits per heavy atom. The summed E-state index contributed by atoms with van der Waals surface area (Å²) in [6.45, 7) is 40.6. The fourth-order valence-corrected chi connectivity index (χ4v) is 5.81. The molecule has 0 aliphatic rings. The van der Waals surface area contributed by atoms with Crippen molar-refractivity contribution in [3.8, 4) is 0 Å². The minimum absolute atomic E-state index is 0.0102. The van der Waals surface area contributed by atoms with Gasteiger partial charge in [-0.1, -0.05) is 150 Å². The molecule has 3 heterocycles. The maximum atomic E-state index is 11.5. The summed E-state index contributed by atoms with van der Waals surface area (Å²) >= 11 is 0. The van der Waals surface area contributed by atoms with E-state index in [0.717, 1.165) is 35.9 Å². The van der Waals surface area contributed by atoms with Gasteiger partial charge in [-0.2, -0.15) is 4.98 Å². The van der Waals surface area contributed by atoms with Crippen LogP contribution < -0.4 is 16.8 Å². The van der Waals surface area contributed by atoms with Gasteiger partial charge < -0.3 is 21.3 Å². The molecule has 2 unspecified atom stereocenters. The molecule has 0 saturated heterocycles. The molecule has 386 valence electrons. The number of pyridine rings is 1. The van der Waals surface area contributed by atoms with Crippen LogP contribution in [0.15, 0.2) is 35.1 Å². The standard InChI is InChI=1S/C12H22N2O3.C12H19N.C11H18N2.C11H21NO2.C8H14N2O/c1-7(2)10(15)5-9(11(13)16)6-14-12(17)8(3)4;1-9(2)8-11-6-5-7-12(13-11)10(3)4;1-8(2)5-10-6-12-7-11(13-10)9(3)4;1-7(2)5-9(11(12)14)6-10(13)8(3)4;1-5(2)7-9-8(6(3)4)11-10-7/h7-9H,5-6H2,1-4H3,(H2,13,16)(H,14,17);5-7,9-10H,8H2,1-4H3;6-9H,5H2,1-4H3;7-9H,5-6H2,1-4H3,(H2,12,14);5-6H,1-4H3. The topological polar surface area (TPSA) is 227 Å². The second-order valence-corrected chi connectivity index (χ2v) is 21.2. The van der Waals surface area contributed by atoms with Gasteiger partial charge in [0, 0.05) is 78.7 Å². The van der Waals surface area contributed by atoms with Crippen molar-refractivity contribution in [3.05, 3.63) is 65.1 Å². The average Bonchev–Trinajstić information content (AvgIpc) is 3.74. The Hall–Kier alpha value is -4.88. The molecule has 3 amide bonds. The van der Waals surface area contributed by atoms with Gasteiger partial charge >= 0.3 is 0 Å². The zero-order chi connectivity index (χ0) is 53.0. The molecule has 0 aliphatic carbocycles. The molecule has 14 heteroatoms. The first-order valence-electron chi connectivity index (χ1n) is 24.9. The first kappa shape index (κ1) is 65.2. The lowest BCUT2D eigenvalue weighted by Gasteiger charge is -2.15. The minimum atomic E-state index is -0.618. The molecule has 0 radical (unpaired) electrons. The van der Waals surface area contributed by atoms with Crippen LogP contribution in [0.2, 0.25) is 0 Å². The number of aromatic nitrogens is 5. The molecule has 0 aromatic carbocycles. The number of rotatable bonds is 21. The Morgan fingerprint density at radius 2 is 1.03 bits per heavy atom. The van der Waals surface area contributed by atoms with E-state index in [-0.39, 0.29) is 60.0 Å². The van der Waals surface area contributed by atoms with Crippen LogP contribution in [0.5, 0.6) is 0 Å². The van der Waals surface area contributed by atoms with Gasteiger partial charge in [0.2, 0.25) is 23.6 Å². The summed E-state index contributed by atoms with van der Waals surface area (Å²) in [5.41, 5.74) is 15.1. The van der Waals surface area contributed by atoms with E-state index in [0.29, 0.717) is 54.3 Å². The van der Waals surface area contributed by atoms with E-state index in [2.05, 4.69) is 118 Å².